The molecule has 1 aromatic carbocycles. The van der Waals surface area contributed by atoms with E-state index in [0.29, 0.717) is 4.47 Å². The highest BCUT2D eigenvalue weighted by atomic mass is 79.9. The van der Waals surface area contributed by atoms with Crippen molar-refractivity contribution in [1.29, 1.82) is 0 Å². The molecule has 0 unspecified atom stereocenters. The second kappa shape index (κ2) is 3.96. The molecule has 1 rings (SSSR count). The van der Waals surface area contributed by atoms with Gasteiger partial charge in [-0.1, -0.05) is 15.9 Å². The lowest BCUT2D eigenvalue weighted by molar-refractivity contribution is 0.0596. The van der Waals surface area contributed by atoms with Crippen LogP contribution in [0.3, 0.4) is 0 Å². The van der Waals surface area contributed by atoms with E-state index in [1.54, 1.807) is 0 Å². The number of phenols is 1. The van der Waals surface area contributed by atoms with Crippen LogP contribution in [0.15, 0.2) is 10.5 Å². The standard InChI is InChI=1S/C9H8BrFO3/c1-4-6(10)3-5(9(13)14-2)8(12)7(4)11/h3,12H,1-2H3. The van der Waals surface area contributed by atoms with E-state index in [4.69, 9.17) is 0 Å². The van der Waals surface area contributed by atoms with Crippen LogP contribution in [0.2, 0.25) is 0 Å². The van der Waals surface area contributed by atoms with E-state index < -0.39 is 17.5 Å². The lowest BCUT2D eigenvalue weighted by Crippen LogP contribution is -2.03. The first-order chi connectivity index (χ1) is 6.49. The second-order valence-corrected chi connectivity index (χ2v) is 3.54. The van der Waals surface area contributed by atoms with Crippen molar-refractivity contribution in [1.82, 2.24) is 0 Å². The number of halogens is 2. The third-order valence-electron chi connectivity index (χ3n) is 1.83. The van der Waals surface area contributed by atoms with Crippen LogP contribution >= 0.6 is 15.9 Å². The maximum Gasteiger partial charge on any atom is 0.341 e. The Kier molecular flexibility index (Phi) is 3.10. The summed E-state index contributed by atoms with van der Waals surface area (Å²) in [5.74, 6) is -2.28. The van der Waals surface area contributed by atoms with Gasteiger partial charge in [-0.25, -0.2) is 9.18 Å². The first kappa shape index (κ1) is 11.0. The van der Waals surface area contributed by atoms with Gasteiger partial charge in [-0.2, -0.15) is 0 Å². The molecule has 0 spiro atoms. The normalized spacial score (nSPS) is 10.0. The van der Waals surface area contributed by atoms with Gasteiger partial charge < -0.3 is 9.84 Å². The zero-order chi connectivity index (χ0) is 10.9. The molecule has 14 heavy (non-hydrogen) atoms. The highest BCUT2D eigenvalue weighted by Gasteiger charge is 2.19. The van der Waals surface area contributed by atoms with E-state index in [-0.39, 0.29) is 11.1 Å². The van der Waals surface area contributed by atoms with Gasteiger partial charge in [-0.15, -0.1) is 0 Å². The topological polar surface area (TPSA) is 46.5 Å². The molecule has 1 aromatic rings. The molecule has 0 aliphatic carbocycles. The highest BCUT2D eigenvalue weighted by molar-refractivity contribution is 9.10. The number of esters is 1. The van der Waals surface area contributed by atoms with E-state index in [1.165, 1.54) is 13.0 Å². The van der Waals surface area contributed by atoms with Gasteiger partial charge in [0.25, 0.3) is 0 Å². The summed E-state index contributed by atoms with van der Waals surface area (Å²) < 4.78 is 18.1. The molecule has 3 nitrogen and oxygen atoms in total. The van der Waals surface area contributed by atoms with Crippen molar-refractivity contribution in [2.45, 2.75) is 6.92 Å². The number of rotatable bonds is 1. The fourth-order valence-electron chi connectivity index (χ4n) is 0.970. The first-order valence-corrected chi connectivity index (χ1v) is 4.54. The molecule has 0 saturated heterocycles. The average molecular weight is 263 g/mol. The molecule has 0 aromatic heterocycles. The van der Waals surface area contributed by atoms with Gasteiger partial charge in [0.15, 0.2) is 11.6 Å². The number of methoxy groups -OCH3 is 1. The third-order valence-corrected chi connectivity index (χ3v) is 2.65. The Morgan fingerprint density at radius 1 is 1.64 bits per heavy atom. The van der Waals surface area contributed by atoms with Crippen LogP contribution in [-0.4, -0.2) is 18.2 Å². The molecule has 0 radical (unpaired) electrons. The van der Waals surface area contributed by atoms with Crippen molar-refractivity contribution in [2.24, 2.45) is 0 Å². The van der Waals surface area contributed by atoms with Gasteiger partial charge in [-0.3, -0.25) is 0 Å². The van der Waals surface area contributed by atoms with Crippen molar-refractivity contribution in [3.8, 4) is 5.75 Å². The minimum atomic E-state index is -0.820. The molecule has 76 valence electrons. The number of benzene rings is 1. The molecule has 0 bridgehead atoms. The van der Waals surface area contributed by atoms with Crippen LogP contribution in [0.5, 0.6) is 5.75 Å². The number of hydrogen-bond acceptors (Lipinski definition) is 3. The molecule has 0 heterocycles. The summed E-state index contributed by atoms with van der Waals surface area (Å²) in [5, 5.41) is 9.31. The number of phenolic OH excluding ortho intramolecular Hbond substituents is 1. The lowest BCUT2D eigenvalue weighted by atomic mass is 10.1. The highest BCUT2D eigenvalue weighted by Crippen LogP contribution is 2.30. The van der Waals surface area contributed by atoms with Gasteiger partial charge in [0.05, 0.1) is 7.11 Å². The Hall–Kier alpha value is -1.10. The lowest BCUT2D eigenvalue weighted by Gasteiger charge is -2.07. The van der Waals surface area contributed by atoms with Gasteiger partial charge in [0, 0.05) is 10.0 Å². The van der Waals surface area contributed by atoms with Crippen LogP contribution in [0, 0.1) is 12.7 Å². The van der Waals surface area contributed by atoms with Crippen molar-refractivity contribution in [2.75, 3.05) is 7.11 Å². The summed E-state index contributed by atoms with van der Waals surface area (Å²) in [6.45, 7) is 1.49. The first-order valence-electron chi connectivity index (χ1n) is 3.75. The predicted molar refractivity (Wildman–Crippen MR) is 51.8 cm³/mol. The van der Waals surface area contributed by atoms with Gasteiger partial charge >= 0.3 is 5.97 Å². The van der Waals surface area contributed by atoms with Crippen LogP contribution in [-0.2, 0) is 4.74 Å². The Balaban J connectivity index is 3.40. The minimum absolute atomic E-state index is 0.192. The largest absolute Gasteiger partial charge is 0.504 e. The molecule has 0 amide bonds. The molecule has 1 N–H and O–H groups in total. The molecule has 0 atom stereocenters. The van der Waals surface area contributed by atoms with Crippen LogP contribution in [0.4, 0.5) is 4.39 Å². The van der Waals surface area contributed by atoms with Crippen LogP contribution in [0.25, 0.3) is 0 Å². The zero-order valence-corrected chi connectivity index (χ0v) is 9.18. The van der Waals surface area contributed by atoms with E-state index >= 15 is 0 Å². The van der Waals surface area contributed by atoms with Crippen LogP contribution < -0.4 is 0 Å². The quantitative estimate of drug-likeness (QED) is 0.791. The summed E-state index contributed by atoms with van der Waals surface area (Å²) in [4.78, 5) is 11.1. The Morgan fingerprint density at radius 3 is 2.71 bits per heavy atom. The Labute approximate surface area is 88.6 Å². The molecular weight excluding hydrogens is 255 g/mol. The molecule has 0 fully saturated rings. The maximum atomic E-state index is 13.3. The van der Waals surface area contributed by atoms with E-state index in [1.807, 2.05) is 0 Å². The van der Waals surface area contributed by atoms with Crippen molar-refractivity contribution < 1.29 is 19.0 Å². The minimum Gasteiger partial charge on any atom is -0.504 e. The zero-order valence-electron chi connectivity index (χ0n) is 7.60. The van der Waals surface area contributed by atoms with Crippen molar-refractivity contribution in [3.05, 3.63) is 27.5 Å². The molecule has 0 aliphatic heterocycles. The summed E-state index contributed by atoms with van der Waals surface area (Å²) in [7, 11) is 1.16. The summed E-state index contributed by atoms with van der Waals surface area (Å²) in [5.41, 5.74) is 0.0534. The number of carbonyl (C=O) groups is 1. The van der Waals surface area contributed by atoms with E-state index in [0.717, 1.165) is 7.11 Å². The third kappa shape index (κ3) is 1.72. The SMILES string of the molecule is COC(=O)c1cc(Br)c(C)c(F)c1O. The van der Waals surface area contributed by atoms with Crippen molar-refractivity contribution >= 4 is 21.9 Å². The fraction of sp³-hybridized carbons (Fsp3) is 0.222. The summed E-state index contributed by atoms with van der Waals surface area (Å²) >= 11 is 3.07. The maximum absolute atomic E-state index is 13.3. The second-order valence-electron chi connectivity index (χ2n) is 2.69. The van der Waals surface area contributed by atoms with E-state index in [9.17, 15) is 14.3 Å². The molecule has 5 heteroatoms. The predicted octanol–water partition coefficient (Wildman–Crippen LogP) is 2.39. The monoisotopic (exact) mass is 262 g/mol. The average Bonchev–Trinajstić information content (AvgIpc) is 2.19. The Bertz CT molecular complexity index is 390. The van der Waals surface area contributed by atoms with Gasteiger partial charge in [0.1, 0.15) is 5.56 Å². The van der Waals surface area contributed by atoms with Gasteiger partial charge in [0.2, 0.25) is 0 Å². The number of aromatic hydroxyl groups is 1. The number of hydrogen-bond donors (Lipinski definition) is 1. The van der Waals surface area contributed by atoms with Crippen molar-refractivity contribution in [3.63, 3.8) is 0 Å². The number of ether oxygens (including phenoxy) is 1. The van der Waals surface area contributed by atoms with Gasteiger partial charge in [-0.05, 0) is 13.0 Å². The van der Waals surface area contributed by atoms with E-state index in [2.05, 4.69) is 20.7 Å². The smallest absolute Gasteiger partial charge is 0.341 e. The fourth-order valence-corrected chi connectivity index (χ4v) is 1.37. The number of carbonyl (C=O) groups excluding carboxylic acids is 1. The molecule has 0 aliphatic rings. The summed E-state index contributed by atoms with van der Waals surface area (Å²) in [6, 6.07) is 1.32. The van der Waals surface area contributed by atoms with Crippen LogP contribution in [0.1, 0.15) is 15.9 Å². The molecule has 0 saturated carbocycles. The molecular formula is C9H8BrFO3. The Morgan fingerprint density at radius 2 is 2.21 bits per heavy atom. The summed E-state index contributed by atoms with van der Waals surface area (Å²) in [6.07, 6.45) is 0.